The van der Waals surface area contributed by atoms with Crippen molar-refractivity contribution in [3.8, 4) is 0 Å². The molecule has 160 valence electrons. The predicted molar refractivity (Wildman–Crippen MR) is 111 cm³/mol. The summed E-state index contributed by atoms with van der Waals surface area (Å²) in [6, 6.07) is 5.99. The lowest BCUT2D eigenvalue weighted by molar-refractivity contribution is -0.134. The van der Waals surface area contributed by atoms with E-state index in [0.29, 0.717) is 24.2 Å². The van der Waals surface area contributed by atoms with Crippen molar-refractivity contribution in [1.29, 1.82) is 0 Å². The first kappa shape index (κ1) is 21.5. The molecule has 0 radical (unpaired) electrons. The minimum atomic E-state index is -0.608. The van der Waals surface area contributed by atoms with Crippen molar-refractivity contribution in [3.63, 3.8) is 0 Å². The minimum absolute atomic E-state index is 0.322. The maximum Gasteiger partial charge on any atom is 0.296 e. The summed E-state index contributed by atoms with van der Waals surface area (Å²) in [5.41, 5.74) is 0.644. The first-order chi connectivity index (χ1) is 14.2. The van der Waals surface area contributed by atoms with Crippen LogP contribution in [0.2, 0.25) is 0 Å². The Morgan fingerprint density at radius 3 is 1.43 bits per heavy atom. The molecule has 8 heteroatoms. The fraction of sp³-hybridized carbons (Fsp3) is 0.455. The van der Waals surface area contributed by atoms with E-state index < -0.39 is 23.4 Å². The van der Waals surface area contributed by atoms with Gasteiger partial charge in [-0.2, -0.15) is 0 Å². The molecule has 2 unspecified atom stereocenters. The Hall–Kier alpha value is -3.16. The van der Waals surface area contributed by atoms with Crippen LogP contribution in [0.15, 0.2) is 36.7 Å². The molecular formula is C22H28N4O4. The second-order valence-electron chi connectivity index (χ2n) is 7.92. The first-order valence-electron chi connectivity index (χ1n) is 10.1. The molecule has 1 fully saturated rings. The zero-order valence-corrected chi connectivity index (χ0v) is 17.9. The molecule has 0 spiro atoms. The zero-order valence-electron chi connectivity index (χ0n) is 17.9. The van der Waals surface area contributed by atoms with Crippen molar-refractivity contribution in [2.24, 2.45) is 14.1 Å². The van der Waals surface area contributed by atoms with Gasteiger partial charge in [0.05, 0.1) is 23.5 Å². The van der Waals surface area contributed by atoms with Crippen LogP contribution >= 0.6 is 0 Å². The smallest absolute Gasteiger partial charge is 0.296 e. The fourth-order valence-corrected chi connectivity index (χ4v) is 4.23. The number of amides is 2. The van der Waals surface area contributed by atoms with E-state index in [1.54, 1.807) is 74.0 Å². The summed E-state index contributed by atoms with van der Waals surface area (Å²) in [5.74, 6) is -2.38. The molecule has 2 amide bonds. The van der Waals surface area contributed by atoms with Gasteiger partial charge in [-0.05, 0) is 37.1 Å². The number of rotatable bonds is 6. The van der Waals surface area contributed by atoms with Crippen LogP contribution in [-0.4, -0.2) is 68.5 Å². The molecule has 2 aromatic rings. The number of hydrogen-bond donors (Lipinski definition) is 0. The molecule has 1 aliphatic rings. The van der Waals surface area contributed by atoms with Crippen molar-refractivity contribution < 1.29 is 19.2 Å². The summed E-state index contributed by atoms with van der Waals surface area (Å²) < 4.78 is 3.22. The average molecular weight is 412 g/mol. The van der Waals surface area contributed by atoms with E-state index in [-0.39, 0.29) is 12.1 Å². The standard InChI is InChI=1S/C22H28N4O4/c1-23-13-7-11-17(23)19(27)21(29)25(3)15-9-5-6-10-16(15)26(4)22(30)20(28)18-12-8-14-24(18)2/h7-8,11-16H,5-6,9-10H2,1-4H3. The van der Waals surface area contributed by atoms with Gasteiger partial charge in [-0.15, -0.1) is 0 Å². The minimum Gasteiger partial charge on any atom is -0.348 e. The van der Waals surface area contributed by atoms with Crippen molar-refractivity contribution in [2.45, 2.75) is 37.8 Å². The highest BCUT2D eigenvalue weighted by Crippen LogP contribution is 2.27. The molecule has 0 N–H and O–H groups in total. The molecule has 8 nitrogen and oxygen atoms in total. The maximum absolute atomic E-state index is 12.9. The van der Waals surface area contributed by atoms with Crippen LogP contribution in [0.1, 0.15) is 46.7 Å². The van der Waals surface area contributed by atoms with Crippen molar-refractivity contribution in [3.05, 3.63) is 48.0 Å². The van der Waals surface area contributed by atoms with Gasteiger partial charge in [0.25, 0.3) is 23.4 Å². The van der Waals surface area contributed by atoms with Gasteiger partial charge in [-0.1, -0.05) is 12.8 Å². The lowest BCUT2D eigenvalue weighted by Crippen LogP contribution is -2.56. The molecule has 2 aromatic heterocycles. The monoisotopic (exact) mass is 412 g/mol. The molecule has 0 aromatic carbocycles. The summed E-state index contributed by atoms with van der Waals surface area (Å²) in [4.78, 5) is 54.0. The van der Waals surface area contributed by atoms with Crippen LogP contribution in [0.5, 0.6) is 0 Å². The van der Waals surface area contributed by atoms with Gasteiger partial charge in [0, 0.05) is 40.6 Å². The highest BCUT2D eigenvalue weighted by atomic mass is 16.2. The molecule has 1 aliphatic carbocycles. The summed E-state index contributed by atoms with van der Waals surface area (Å²) in [6.45, 7) is 0. The second kappa shape index (κ2) is 8.69. The number of Topliss-reactive ketones (excluding diaryl/α,β-unsaturated/α-hetero) is 2. The molecule has 2 atom stereocenters. The molecule has 0 aliphatic heterocycles. The van der Waals surface area contributed by atoms with Crippen LogP contribution in [0.25, 0.3) is 0 Å². The fourth-order valence-electron chi connectivity index (χ4n) is 4.23. The lowest BCUT2D eigenvalue weighted by Gasteiger charge is -2.42. The Morgan fingerprint density at radius 2 is 1.13 bits per heavy atom. The number of nitrogens with zero attached hydrogens (tertiary/aromatic N) is 4. The van der Waals surface area contributed by atoms with Crippen molar-refractivity contribution >= 4 is 23.4 Å². The van der Waals surface area contributed by atoms with Crippen molar-refractivity contribution in [1.82, 2.24) is 18.9 Å². The number of carbonyl (C=O) groups excluding carboxylic acids is 4. The number of aromatic nitrogens is 2. The van der Waals surface area contributed by atoms with E-state index in [0.717, 1.165) is 12.8 Å². The van der Waals surface area contributed by atoms with E-state index in [9.17, 15) is 19.2 Å². The first-order valence-corrected chi connectivity index (χ1v) is 10.1. The van der Waals surface area contributed by atoms with E-state index in [2.05, 4.69) is 0 Å². The van der Waals surface area contributed by atoms with Gasteiger partial charge in [0.2, 0.25) is 0 Å². The molecule has 3 rings (SSSR count). The Bertz CT molecular complexity index is 895. The van der Waals surface area contributed by atoms with Gasteiger partial charge >= 0.3 is 0 Å². The predicted octanol–water partition coefficient (Wildman–Crippen LogP) is 1.66. The summed E-state index contributed by atoms with van der Waals surface area (Å²) in [5, 5.41) is 0. The third kappa shape index (κ3) is 3.94. The molecule has 1 saturated carbocycles. The van der Waals surface area contributed by atoms with Crippen LogP contribution in [0.4, 0.5) is 0 Å². The number of hydrogen-bond acceptors (Lipinski definition) is 4. The topological polar surface area (TPSA) is 84.6 Å². The van der Waals surface area contributed by atoms with Crippen LogP contribution in [0, 0.1) is 0 Å². The lowest BCUT2D eigenvalue weighted by atomic mass is 9.88. The Morgan fingerprint density at radius 1 is 0.767 bits per heavy atom. The normalized spacial score (nSPS) is 18.7. The highest BCUT2D eigenvalue weighted by molar-refractivity contribution is 6.43. The summed E-state index contributed by atoms with van der Waals surface area (Å²) in [6.07, 6.45) is 6.56. The largest absolute Gasteiger partial charge is 0.348 e. The Labute approximate surface area is 176 Å². The van der Waals surface area contributed by atoms with Crippen LogP contribution in [0.3, 0.4) is 0 Å². The molecule has 30 heavy (non-hydrogen) atoms. The number of ketones is 2. The van der Waals surface area contributed by atoms with Gasteiger partial charge in [-0.25, -0.2) is 0 Å². The molecule has 0 bridgehead atoms. The second-order valence-corrected chi connectivity index (χ2v) is 7.92. The average Bonchev–Trinajstić information content (AvgIpc) is 3.38. The summed E-state index contributed by atoms with van der Waals surface area (Å²) >= 11 is 0. The third-order valence-corrected chi connectivity index (χ3v) is 6.07. The van der Waals surface area contributed by atoms with E-state index in [4.69, 9.17) is 0 Å². The van der Waals surface area contributed by atoms with E-state index in [1.165, 1.54) is 9.80 Å². The van der Waals surface area contributed by atoms with E-state index in [1.807, 2.05) is 0 Å². The SMILES string of the molecule is CN(C(=O)C(=O)c1cccn1C)C1CCCCC1N(C)C(=O)C(=O)c1cccn1C. The molecule has 2 heterocycles. The van der Waals surface area contributed by atoms with Gasteiger partial charge in [0.1, 0.15) is 0 Å². The number of carbonyl (C=O) groups is 4. The highest BCUT2D eigenvalue weighted by Gasteiger charge is 2.39. The van der Waals surface area contributed by atoms with Gasteiger partial charge in [0.15, 0.2) is 0 Å². The summed E-state index contributed by atoms with van der Waals surface area (Å²) in [7, 11) is 6.63. The van der Waals surface area contributed by atoms with Gasteiger partial charge < -0.3 is 18.9 Å². The number of aryl methyl sites for hydroxylation is 2. The van der Waals surface area contributed by atoms with Gasteiger partial charge in [-0.3, -0.25) is 19.2 Å². The molecule has 0 saturated heterocycles. The molecular weight excluding hydrogens is 384 g/mol. The van der Waals surface area contributed by atoms with Crippen LogP contribution < -0.4 is 0 Å². The Balaban J connectivity index is 1.78. The van der Waals surface area contributed by atoms with Crippen LogP contribution in [-0.2, 0) is 23.7 Å². The Kier molecular flexibility index (Phi) is 6.24. The quantitative estimate of drug-likeness (QED) is 0.534. The van der Waals surface area contributed by atoms with E-state index >= 15 is 0 Å². The van der Waals surface area contributed by atoms with Crippen molar-refractivity contribution in [2.75, 3.05) is 14.1 Å². The zero-order chi connectivity index (χ0) is 22.0. The maximum atomic E-state index is 12.9. The third-order valence-electron chi connectivity index (χ3n) is 6.07. The number of likely N-dealkylation sites (N-methyl/N-ethyl adjacent to an activating group) is 2.